The lowest BCUT2D eigenvalue weighted by molar-refractivity contribution is -0.117. The molecule has 1 aliphatic rings. The summed E-state index contributed by atoms with van der Waals surface area (Å²) in [6, 6.07) is 11.9. The van der Waals surface area contributed by atoms with E-state index >= 15 is 0 Å². The van der Waals surface area contributed by atoms with Gasteiger partial charge in [-0.05, 0) is 63.5 Å². The molecule has 0 unspecified atom stereocenters. The number of sulfone groups is 2. The highest BCUT2D eigenvalue weighted by atomic mass is 32.3. The van der Waals surface area contributed by atoms with Crippen LogP contribution in [0.1, 0.15) is 44.2 Å². The molecule has 3 rings (SSSR count). The molecule has 0 saturated carbocycles. The molecule has 0 radical (unpaired) electrons. The summed E-state index contributed by atoms with van der Waals surface area (Å²) in [6.07, 6.45) is 1.74. The molecular formula is C23H27NO5S2. The van der Waals surface area contributed by atoms with E-state index in [-0.39, 0.29) is 20.9 Å². The smallest absolute Gasteiger partial charge is 0.275 e. The molecule has 31 heavy (non-hydrogen) atoms. The van der Waals surface area contributed by atoms with Gasteiger partial charge >= 0.3 is 0 Å². The Labute approximate surface area is 184 Å². The normalized spacial score (nSPS) is 16.5. The Bertz CT molecular complexity index is 1160. The molecule has 0 aromatic heterocycles. The van der Waals surface area contributed by atoms with Crippen LogP contribution in [0.5, 0.6) is 0 Å². The monoisotopic (exact) mass is 461 g/mol. The minimum absolute atomic E-state index is 0.0205. The van der Waals surface area contributed by atoms with Gasteiger partial charge in [-0.3, -0.25) is 4.79 Å². The quantitative estimate of drug-likeness (QED) is 0.676. The summed E-state index contributed by atoms with van der Waals surface area (Å²) < 4.78 is 53.0. The van der Waals surface area contributed by atoms with Crippen LogP contribution in [0, 0.1) is 13.8 Å². The van der Waals surface area contributed by atoms with Gasteiger partial charge in [-0.1, -0.05) is 48.7 Å². The van der Waals surface area contributed by atoms with Gasteiger partial charge in [0.05, 0.1) is 9.79 Å². The number of benzene rings is 2. The molecule has 1 heterocycles. The Hall–Kier alpha value is -2.45. The first-order valence-electron chi connectivity index (χ1n) is 10.1. The molecule has 1 N–H and O–H groups in total. The van der Waals surface area contributed by atoms with Crippen LogP contribution in [0.15, 0.2) is 69.5 Å². The predicted octanol–water partition coefficient (Wildman–Crippen LogP) is 3.84. The first kappa shape index (κ1) is 23.2. The Kier molecular flexibility index (Phi) is 6.17. The fraction of sp³-hybridized carbons (Fsp3) is 0.348. The van der Waals surface area contributed by atoms with E-state index in [1.54, 1.807) is 38.1 Å². The minimum Gasteiger partial charge on any atom is -0.317 e. The second-order valence-corrected chi connectivity index (χ2v) is 12.4. The Morgan fingerprint density at radius 1 is 0.774 bits per heavy atom. The van der Waals surface area contributed by atoms with Gasteiger partial charge < -0.3 is 5.32 Å². The molecular weight excluding hydrogens is 434 g/mol. The molecule has 6 nitrogen and oxygen atoms in total. The van der Waals surface area contributed by atoms with E-state index in [0.29, 0.717) is 12.8 Å². The number of hydrogen-bond donors (Lipinski definition) is 1. The van der Waals surface area contributed by atoms with E-state index in [1.807, 2.05) is 6.92 Å². The SMILES string of the molecule is CCCCC1=C(C)C(S(=O)(=O)c2ccc(C)cc2)(S(=O)(=O)c2ccc(C)cc2)NC1=O. The summed E-state index contributed by atoms with van der Waals surface area (Å²) in [6.45, 7) is 6.99. The predicted molar refractivity (Wildman–Crippen MR) is 120 cm³/mol. The Balaban J connectivity index is 2.35. The van der Waals surface area contributed by atoms with Crippen molar-refractivity contribution in [3.63, 3.8) is 0 Å². The highest BCUT2D eigenvalue weighted by Gasteiger charge is 2.62. The maximum Gasteiger partial charge on any atom is 0.275 e. The molecule has 2 aromatic carbocycles. The van der Waals surface area contributed by atoms with Gasteiger partial charge in [-0.2, -0.15) is 0 Å². The summed E-state index contributed by atoms with van der Waals surface area (Å²) in [7, 11) is -9.10. The highest BCUT2D eigenvalue weighted by Crippen LogP contribution is 2.44. The van der Waals surface area contributed by atoms with E-state index in [1.165, 1.54) is 31.2 Å². The van der Waals surface area contributed by atoms with Crippen molar-refractivity contribution in [3.05, 3.63) is 70.8 Å². The third-order valence-corrected chi connectivity index (χ3v) is 11.1. The van der Waals surface area contributed by atoms with E-state index in [9.17, 15) is 21.6 Å². The van der Waals surface area contributed by atoms with Crippen LogP contribution in [0.4, 0.5) is 0 Å². The summed E-state index contributed by atoms with van der Waals surface area (Å²) in [5.74, 6) is -0.655. The van der Waals surface area contributed by atoms with Gasteiger partial charge in [-0.15, -0.1) is 0 Å². The van der Waals surface area contributed by atoms with Gasteiger partial charge in [0.15, 0.2) is 0 Å². The molecule has 0 aliphatic carbocycles. The molecule has 0 saturated heterocycles. The molecule has 2 aromatic rings. The number of aryl methyl sites for hydroxylation is 2. The lowest BCUT2D eigenvalue weighted by atomic mass is 10.1. The second-order valence-electron chi connectivity index (χ2n) is 7.91. The molecule has 8 heteroatoms. The van der Waals surface area contributed by atoms with Gasteiger partial charge in [0.1, 0.15) is 0 Å². The molecule has 0 bridgehead atoms. The number of unbranched alkanes of at least 4 members (excludes halogenated alkanes) is 1. The minimum atomic E-state index is -4.55. The molecule has 1 amide bonds. The number of carbonyl (C=O) groups is 1. The first-order valence-corrected chi connectivity index (χ1v) is 13.1. The summed E-state index contributed by atoms with van der Waals surface area (Å²) in [5.41, 5.74) is 1.90. The number of rotatable bonds is 7. The molecule has 0 fully saturated rings. The van der Waals surface area contributed by atoms with Crippen LogP contribution in [-0.2, 0) is 24.5 Å². The summed E-state index contributed by atoms with van der Waals surface area (Å²) in [5, 5.41) is 2.39. The number of amides is 1. The van der Waals surface area contributed by atoms with Crippen LogP contribution in [-0.4, -0.2) is 26.9 Å². The number of carbonyl (C=O) groups excluding carboxylic acids is 1. The van der Waals surface area contributed by atoms with Gasteiger partial charge in [0.2, 0.25) is 25.6 Å². The Morgan fingerprint density at radius 3 is 1.58 bits per heavy atom. The lowest BCUT2D eigenvalue weighted by Crippen LogP contribution is -2.56. The third-order valence-electron chi connectivity index (χ3n) is 5.70. The van der Waals surface area contributed by atoms with Crippen molar-refractivity contribution in [1.29, 1.82) is 0 Å². The summed E-state index contributed by atoms with van der Waals surface area (Å²) >= 11 is 0. The standard InChI is InChI=1S/C23H27NO5S2/c1-5-6-7-21-18(4)23(24-22(21)25,30(26,27)19-12-8-16(2)9-13-19)31(28,29)20-14-10-17(3)11-15-20/h8-15H,5-7H2,1-4H3,(H,24,25). The van der Waals surface area contributed by atoms with Crippen LogP contribution < -0.4 is 5.32 Å². The van der Waals surface area contributed by atoms with Crippen molar-refractivity contribution in [2.24, 2.45) is 0 Å². The average molecular weight is 462 g/mol. The molecule has 1 aliphatic heterocycles. The van der Waals surface area contributed by atoms with Crippen molar-refractivity contribution < 1.29 is 21.6 Å². The zero-order valence-corrected chi connectivity index (χ0v) is 19.7. The summed E-state index contributed by atoms with van der Waals surface area (Å²) in [4.78, 5) is 12.5. The van der Waals surface area contributed by atoms with Gasteiger partial charge in [-0.25, -0.2) is 16.8 Å². The largest absolute Gasteiger partial charge is 0.317 e. The zero-order valence-electron chi connectivity index (χ0n) is 18.1. The highest BCUT2D eigenvalue weighted by molar-refractivity contribution is 8.10. The fourth-order valence-electron chi connectivity index (χ4n) is 3.79. The second kappa shape index (κ2) is 8.24. The van der Waals surface area contributed by atoms with E-state index in [4.69, 9.17) is 0 Å². The molecule has 0 atom stereocenters. The van der Waals surface area contributed by atoms with Crippen LogP contribution in [0.3, 0.4) is 0 Å². The van der Waals surface area contributed by atoms with Crippen LogP contribution in [0.2, 0.25) is 0 Å². The van der Waals surface area contributed by atoms with E-state index in [2.05, 4.69) is 5.32 Å². The van der Waals surface area contributed by atoms with E-state index < -0.39 is 29.8 Å². The topological polar surface area (TPSA) is 97.4 Å². The van der Waals surface area contributed by atoms with Crippen molar-refractivity contribution in [1.82, 2.24) is 5.32 Å². The maximum atomic E-state index is 13.9. The Morgan fingerprint density at radius 2 is 1.19 bits per heavy atom. The van der Waals surface area contributed by atoms with Crippen molar-refractivity contribution in [2.75, 3.05) is 0 Å². The van der Waals surface area contributed by atoms with Gasteiger partial charge in [0, 0.05) is 5.57 Å². The third kappa shape index (κ3) is 3.61. The van der Waals surface area contributed by atoms with Crippen molar-refractivity contribution >= 4 is 25.6 Å². The van der Waals surface area contributed by atoms with Gasteiger partial charge in [0.25, 0.3) is 4.20 Å². The van der Waals surface area contributed by atoms with Crippen LogP contribution >= 0.6 is 0 Å². The van der Waals surface area contributed by atoms with Crippen molar-refractivity contribution in [2.45, 2.75) is 61.0 Å². The molecule has 0 spiro atoms. The first-order chi connectivity index (χ1) is 14.5. The lowest BCUT2D eigenvalue weighted by Gasteiger charge is -2.30. The number of hydrogen-bond acceptors (Lipinski definition) is 5. The average Bonchev–Trinajstić information content (AvgIpc) is 2.99. The zero-order chi connectivity index (χ0) is 23.0. The number of nitrogens with one attached hydrogen (secondary N) is 1. The van der Waals surface area contributed by atoms with E-state index in [0.717, 1.165) is 17.5 Å². The maximum absolute atomic E-state index is 13.9. The fourth-order valence-corrected chi connectivity index (χ4v) is 8.68. The molecule has 166 valence electrons. The van der Waals surface area contributed by atoms with Crippen LogP contribution in [0.25, 0.3) is 0 Å². The van der Waals surface area contributed by atoms with Crippen molar-refractivity contribution in [3.8, 4) is 0 Å².